The van der Waals surface area contributed by atoms with Crippen LogP contribution >= 0.6 is 0 Å². The first kappa shape index (κ1) is 19.0. The monoisotopic (exact) mass is 378 g/mol. The van der Waals surface area contributed by atoms with Crippen LogP contribution in [-0.2, 0) is 11.3 Å². The van der Waals surface area contributed by atoms with Gasteiger partial charge in [-0.3, -0.25) is 10.2 Å². The number of benzene rings is 1. The summed E-state index contributed by atoms with van der Waals surface area (Å²) in [7, 11) is 0. The minimum atomic E-state index is -4.83. The number of carbonyl (C=O) groups excluding carboxylic acids is 1. The predicted octanol–water partition coefficient (Wildman–Crippen LogP) is 3.72. The number of rotatable bonds is 6. The van der Waals surface area contributed by atoms with E-state index in [0.29, 0.717) is 18.5 Å². The van der Waals surface area contributed by atoms with Gasteiger partial charge < -0.3 is 15.6 Å². The summed E-state index contributed by atoms with van der Waals surface area (Å²) >= 11 is 0. The van der Waals surface area contributed by atoms with Gasteiger partial charge in [-0.2, -0.15) is 13.2 Å². The molecule has 0 aliphatic heterocycles. The zero-order valence-electron chi connectivity index (χ0n) is 14.6. The van der Waals surface area contributed by atoms with Gasteiger partial charge in [0.05, 0.1) is 5.70 Å². The zero-order valence-corrected chi connectivity index (χ0v) is 14.6. The number of H-pyrrole nitrogens is 1. The van der Waals surface area contributed by atoms with Crippen LogP contribution in [0.1, 0.15) is 24.8 Å². The molecule has 1 aliphatic rings. The standard InChI is InChI=1S/C19H21F3N4O/c20-19(21,22)17(24)9-15(23)18(27)26(10-12-3-1-4-12)11-13-5-2-6-16-14(13)7-8-25-16/h2,5-9,12,24-25H,1,3-4,10-11,23H2/b15-9-,24-17?. The number of hydrogen-bond acceptors (Lipinski definition) is 3. The highest BCUT2D eigenvalue weighted by Crippen LogP contribution is 2.29. The molecular formula is C19H21F3N4O. The Morgan fingerprint density at radius 2 is 2.07 bits per heavy atom. The minimum absolute atomic E-state index is 0.248. The lowest BCUT2D eigenvalue weighted by molar-refractivity contribution is -0.128. The lowest BCUT2D eigenvalue weighted by Crippen LogP contribution is -2.39. The molecule has 1 aromatic heterocycles. The van der Waals surface area contributed by atoms with Gasteiger partial charge in [0, 0.05) is 30.2 Å². The number of hydrogen-bond donors (Lipinski definition) is 3. The lowest BCUT2D eigenvalue weighted by Gasteiger charge is -2.32. The third-order valence-corrected chi connectivity index (χ3v) is 4.89. The highest BCUT2D eigenvalue weighted by atomic mass is 19.4. The van der Waals surface area contributed by atoms with Crippen molar-refractivity contribution in [2.75, 3.05) is 6.54 Å². The molecule has 0 bridgehead atoms. The van der Waals surface area contributed by atoms with Crippen LogP contribution in [0.5, 0.6) is 0 Å². The maximum atomic E-state index is 12.7. The molecule has 8 heteroatoms. The molecule has 1 amide bonds. The Morgan fingerprint density at radius 3 is 2.70 bits per heavy atom. The van der Waals surface area contributed by atoms with E-state index in [2.05, 4.69) is 4.98 Å². The number of amides is 1. The van der Waals surface area contributed by atoms with E-state index >= 15 is 0 Å². The number of fused-ring (bicyclic) bond motifs is 1. The lowest BCUT2D eigenvalue weighted by atomic mass is 9.85. The first-order valence-corrected chi connectivity index (χ1v) is 8.73. The molecule has 2 aromatic rings. The van der Waals surface area contributed by atoms with Gasteiger partial charge >= 0.3 is 6.18 Å². The molecule has 5 nitrogen and oxygen atoms in total. The van der Waals surface area contributed by atoms with Crippen LogP contribution in [0.2, 0.25) is 0 Å². The van der Waals surface area contributed by atoms with Gasteiger partial charge in [-0.25, -0.2) is 0 Å². The molecule has 27 heavy (non-hydrogen) atoms. The van der Waals surface area contributed by atoms with E-state index in [1.165, 1.54) is 4.90 Å². The first-order chi connectivity index (χ1) is 12.8. The van der Waals surface area contributed by atoms with E-state index in [-0.39, 0.29) is 6.54 Å². The Bertz CT molecular complexity index is 880. The number of nitrogens with one attached hydrogen (secondary N) is 2. The average Bonchev–Trinajstić information content (AvgIpc) is 3.04. The fourth-order valence-corrected chi connectivity index (χ4v) is 3.18. The Morgan fingerprint density at radius 1 is 1.33 bits per heavy atom. The number of nitrogens with two attached hydrogens (primary N) is 1. The third-order valence-electron chi connectivity index (χ3n) is 4.89. The van der Waals surface area contributed by atoms with Crippen molar-refractivity contribution in [1.82, 2.24) is 9.88 Å². The van der Waals surface area contributed by atoms with E-state index in [1.54, 1.807) is 6.20 Å². The molecule has 3 rings (SSSR count). The highest BCUT2D eigenvalue weighted by molar-refractivity contribution is 6.04. The minimum Gasteiger partial charge on any atom is -0.394 e. The van der Waals surface area contributed by atoms with Crippen molar-refractivity contribution in [3.05, 3.63) is 47.8 Å². The summed E-state index contributed by atoms with van der Waals surface area (Å²) in [6.45, 7) is 0.686. The Balaban J connectivity index is 1.84. The first-order valence-electron chi connectivity index (χ1n) is 8.73. The molecule has 0 radical (unpaired) electrons. The number of nitrogens with zero attached hydrogens (tertiary/aromatic N) is 1. The molecular weight excluding hydrogens is 357 g/mol. The maximum absolute atomic E-state index is 12.7. The van der Waals surface area contributed by atoms with Crippen molar-refractivity contribution in [2.45, 2.75) is 32.0 Å². The molecule has 1 saturated carbocycles. The number of aromatic nitrogens is 1. The van der Waals surface area contributed by atoms with Crippen molar-refractivity contribution in [3.8, 4) is 0 Å². The molecule has 0 saturated heterocycles. The van der Waals surface area contributed by atoms with E-state index in [9.17, 15) is 18.0 Å². The summed E-state index contributed by atoms with van der Waals surface area (Å²) in [6, 6.07) is 7.55. The van der Waals surface area contributed by atoms with E-state index < -0.39 is 23.5 Å². The van der Waals surface area contributed by atoms with Crippen molar-refractivity contribution in [3.63, 3.8) is 0 Å². The fourth-order valence-electron chi connectivity index (χ4n) is 3.18. The molecule has 1 heterocycles. The Hall–Kier alpha value is -2.77. The molecule has 4 N–H and O–H groups in total. The van der Waals surface area contributed by atoms with Gasteiger partial charge in [-0.1, -0.05) is 18.6 Å². The van der Waals surface area contributed by atoms with Crippen LogP contribution in [-0.4, -0.2) is 34.2 Å². The van der Waals surface area contributed by atoms with Crippen LogP contribution in [0.3, 0.4) is 0 Å². The topological polar surface area (TPSA) is 86.0 Å². The van der Waals surface area contributed by atoms with Crippen molar-refractivity contribution < 1.29 is 18.0 Å². The third kappa shape index (κ3) is 4.32. The maximum Gasteiger partial charge on any atom is 0.432 e. The average molecular weight is 378 g/mol. The van der Waals surface area contributed by atoms with Crippen LogP contribution in [0, 0.1) is 11.3 Å². The van der Waals surface area contributed by atoms with Crippen LogP contribution in [0.15, 0.2) is 42.2 Å². The Labute approximate surface area is 154 Å². The molecule has 1 aromatic carbocycles. The van der Waals surface area contributed by atoms with Crippen molar-refractivity contribution >= 4 is 22.5 Å². The summed E-state index contributed by atoms with van der Waals surface area (Å²) in [4.78, 5) is 17.3. The normalized spacial score (nSPS) is 15.6. The second-order valence-corrected chi connectivity index (χ2v) is 6.85. The summed E-state index contributed by atoms with van der Waals surface area (Å²) in [5.41, 5.74) is 5.23. The SMILES string of the molecule is N=C(/C=C(\N)C(=O)N(Cc1cccc2[nH]ccc12)CC1CCC1)C(F)(F)F. The fraction of sp³-hybridized carbons (Fsp3) is 0.368. The smallest absolute Gasteiger partial charge is 0.394 e. The second kappa shape index (κ2) is 7.46. The van der Waals surface area contributed by atoms with Crippen molar-refractivity contribution in [2.24, 2.45) is 11.7 Å². The molecule has 0 unspecified atom stereocenters. The molecule has 0 atom stereocenters. The van der Waals surface area contributed by atoms with Gasteiger partial charge in [0.15, 0.2) is 0 Å². The van der Waals surface area contributed by atoms with Gasteiger partial charge in [-0.05, 0) is 42.5 Å². The largest absolute Gasteiger partial charge is 0.432 e. The second-order valence-electron chi connectivity index (χ2n) is 6.85. The van der Waals surface area contributed by atoms with Crippen molar-refractivity contribution in [1.29, 1.82) is 5.41 Å². The molecule has 1 aliphatic carbocycles. The molecule has 144 valence electrons. The Kier molecular flexibility index (Phi) is 5.25. The summed E-state index contributed by atoms with van der Waals surface area (Å²) in [6.07, 6.45) is 0.420. The molecule has 0 spiro atoms. The summed E-state index contributed by atoms with van der Waals surface area (Å²) < 4.78 is 37.7. The summed E-state index contributed by atoms with van der Waals surface area (Å²) in [5.74, 6) is -0.349. The molecule has 1 fully saturated rings. The number of carbonyl (C=O) groups is 1. The zero-order chi connectivity index (χ0) is 19.6. The number of allylic oxidation sites excluding steroid dienone is 1. The van der Waals surface area contributed by atoms with E-state index in [1.807, 2.05) is 24.3 Å². The van der Waals surface area contributed by atoms with Crippen LogP contribution < -0.4 is 5.73 Å². The van der Waals surface area contributed by atoms with Gasteiger partial charge in [0.25, 0.3) is 5.91 Å². The van der Waals surface area contributed by atoms with Gasteiger partial charge in [0.2, 0.25) is 0 Å². The van der Waals surface area contributed by atoms with E-state index in [4.69, 9.17) is 11.1 Å². The summed E-state index contributed by atoms with van der Waals surface area (Å²) in [5, 5.41) is 8.00. The number of halogens is 3. The quantitative estimate of drug-likeness (QED) is 0.529. The van der Waals surface area contributed by atoms with Crippen LogP contribution in [0.4, 0.5) is 13.2 Å². The predicted molar refractivity (Wildman–Crippen MR) is 97.1 cm³/mol. The van der Waals surface area contributed by atoms with E-state index in [0.717, 1.165) is 35.7 Å². The van der Waals surface area contributed by atoms with Gasteiger partial charge in [0.1, 0.15) is 5.71 Å². The number of alkyl halides is 3. The van der Waals surface area contributed by atoms with Crippen LogP contribution in [0.25, 0.3) is 10.9 Å². The van der Waals surface area contributed by atoms with Gasteiger partial charge in [-0.15, -0.1) is 0 Å². The number of aromatic amines is 1. The highest BCUT2D eigenvalue weighted by Gasteiger charge is 2.34.